The Labute approximate surface area is 120 Å². The van der Waals surface area contributed by atoms with Crippen LogP contribution in [-0.4, -0.2) is 40.9 Å². The van der Waals surface area contributed by atoms with Gasteiger partial charge in [-0.15, -0.1) is 0 Å². The summed E-state index contributed by atoms with van der Waals surface area (Å²) in [6.45, 7) is 4.99. The molecule has 1 saturated heterocycles. The number of hydrogen-bond donors (Lipinski definition) is 0. The molecule has 20 heavy (non-hydrogen) atoms. The van der Waals surface area contributed by atoms with Crippen LogP contribution in [0.25, 0.3) is 0 Å². The Morgan fingerprint density at radius 3 is 2.70 bits per heavy atom. The van der Waals surface area contributed by atoms with E-state index < -0.39 is 0 Å². The zero-order valence-electron chi connectivity index (χ0n) is 11.7. The van der Waals surface area contributed by atoms with Crippen LogP contribution in [0.1, 0.15) is 18.4 Å². The number of benzene rings is 1. The predicted molar refractivity (Wildman–Crippen MR) is 78.9 cm³/mol. The van der Waals surface area contributed by atoms with Gasteiger partial charge >= 0.3 is 0 Å². The number of rotatable bonds is 6. The summed E-state index contributed by atoms with van der Waals surface area (Å²) in [6.07, 6.45) is 6.42. The lowest BCUT2D eigenvalue weighted by Gasteiger charge is -2.13. The number of nitrogens with zero attached hydrogens (tertiary/aromatic N) is 3. The highest BCUT2D eigenvalue weighted by Gasteiger charge is 2.11. The van der Waals surface area contributed by atoms with Crippen LogP contribution in [0, 0.1) is 0 Å². The first-order valence-electron chi connectivity index (χ1n) is 7.32. The second-order valence-electron chi connectivity index (χ2n) is 5.26. The lowest BCUT2D eigenvalue weighted by molar-refractivity contribution is 0.237. The van der Waals surface area contributed by atoms with Crippen molar-refractivity contribution >= 4 is 0 Å². The Kier molecular flexibility index (Phi) is 4.33. The second kappa shape index (κ2) is 6.57. The molecule has 0 atom stereocenters. The van der Waals surface area contributed by atoms with E-state index in [1.54, 1.807) is 6.20 Å². The van der Waals surface area contributed by atoms with E-state index in [1.807, 2.05) is 29.1 Å². The van der Waals surface area contributed by atoms with Crippen LogP contribution in [-0.2, 0) is 6.54 Å². The highest BCUT2D eigenvalue weighted by molar-refractivity contribution is 5.17. The lowest BCUT2D eigenvalue weighted by atomic mass is 10.2. The van der Waals surface area contributed by atoms with Crippen molar-refractivity contribution in [2.24, 2.45) is 0 Å². The van der Waals surface area contributed by atoms with Crippen molar-refractivity contribution in [3.05, 3.63) is 48.3 Å². The monoisotopic (exact) mass is 271 g/mol. The molecule has 0 aliphatic carbocycles. The standard InChI is InChI=1S/C16H21N3O/c1-2-6-15(7-3-1)13-19-14-16(12-17-19)20-11-10-18-8-4-5-9-18/h1-3,6-7,12,14H,4-5,8-11,13H2. The third-order valence-electron chi connectivity index (χ3n) is 3.67. The van der Waals surface area contributed by atoms with Crippen molar-refractivity contribution in [3.8, 4) is 5.75 Å². The van der Waals surface area contributed by atoms with Gasteiger partial charge in [0.1, 0.15) is 6.61 Å². The summed E-state index contributed by atoms with van der Waals surface area (Å²) in [5.41, 5.74) is 1.25. The van der Waals surface area contributed by atoms with E-state index in [0.29, 0.717) is 0 Å². The number of likely N-dealkylation sites (tertiary alicyclic amines) is 1. The van der Waals surface area contributed by atoms with Gasteiger partial charge in [0.15, 0.2) is 5.75 Å². The summed E-state index contributed by atoms with van der Waals surface area (Å²) < 4.78 is 7.68. The summed E-state index contributed by atoms with van der Waals surface area (Å²) in [7, 11) is 0. The Balaban J connectivity index is 1.46. The third kappa shape index (κ3) is 3.61. The number of ether oxygens (including phenoxy) is 1. The molecule has 106 valence electrons. The van der Waals surface area contributed by atoms with Gasteiger partial charge < -0.3 is 4.74 Å². The molecule has 4 heteroatoms. The molecule has 0 radical (unpaired) electrons. The van der Waals surface area contributed by atoms with E-state index in [-0.39, 0.29) is 0 Å². The first kappa shape index (κ1) is 13.2. The van der Waals surface area contributed by atoms with Gasteiger partial charge in [-0.3, -0.25) is 9.58 Å². The molecular formula is C16H21N3O. The van der Waals surface area contributed by atoms with Gasteiger partial charge in [-0.05, 0) is 31.5 Å². The third-order valence-corrected chi connectivity index (χ3v) is 3.67. The van der Waals surface area contributed by atoms with Gasteiger partial charge in [-0.1, -0.05) is 30.3 Å². The Bertz CT molecular complexity index is 518. The van der Waals surface area contributed by atoms with Crippen molar-refractivity contribution in [1.82, 2.24) is 14.7 Å². The molecule has 0 saturated carbocycles. The van der Waals surface area contributed by atoms with Gasteiger partial charge in [0.25, 0.3) is 0 Å². The second-order valence-corrected chi connectivity index (χ2v) is 5.26. The van der Waals surface area contributed by atoms with Crippen LogP contribution in [0.2, 0.25) is 0 Å². The molecule has 4 nitrogen and oxygen atoms in total. The van der Waals surface area contributed by atoms with Crippen molar-refractivity contribution in [3.63, 3.8) is 0 Å². The van der Waals surface area contributed by atoms with E-state index in [4.69, 9.17) is 4.74 Å². The largest absolute Gasteiger partial charge is 0.489 e. The van der Waals surface area contributed by atoms with Gasteiger partial charge in [-0.2, -0.15) is 5.10 Å². The maximum atomic E-state index is 5.76. The first-order chi connectivity index (χ1) is 9.90. The van der Waals surface area contributed by atoms with Crippen molar-refractivity contribution in [1.29, 1.82) is 0 Å². The molecule has 1 aliphatic heterocycles. The van der Waals surface area contributed by atoms with Crippen LogP contribution in [0.3, 0.4) is 0 Å². The fraction of sp³-hybridized carbons (Fsp3) is 0.438. The Hall–Kier alpha value is -1.81. The van der Waals surface area contributed by atoms with Crippen LogP contribution in [0.5, 0.6) is 5.75 Å². The van der Waals surface area contributed by atoms with Gasteiger partial charge in [0, 0.05) is 6.54 Å². The topological polar surface area (TPSA) is 30.3 Å². The SMILES string of the molecule is c1ccc(Cn2cc(OCCN3CCCC3)cn2)cc1. The van der Waals surface area contributed by atoms with Gasteiger partial charge in [0.05, 0.1) is 18.9 Å². The minimum absolute atomic E-state index is 0.747. The predicted octanol–water partition coefficient (Wildman–Crippen LogP) is 2.41. The van der Waals surface area contributed by atoms with E-state index >= 15 is 0 Å². The van der Waals surface area contributed by atoms with E-state index in [2.05, 4.69) is 22.1 Å². The van der Waals surface area contributed by atoms with E-state index in [1.165, 1.54) is 31.5 Å². The molecule has 2 aromatic rings. The van der Waals surface area contributed by atoms with E-state index in [0.717, 1.165) is 25.4 Å². The average molecular weight is 271 g/mol. The lowest BCUT2D eigenvalue weighted by Crippen LogP contribution is -2.24. The molecule has 0 spiro atoms. The van der Waals surface area contributed by atoms with Crippen LogP contribution in [0.15, 0.2) is 42.7 Å². The van der Waals surface area contributed by atoms with Crippen LogP contribution in [0.4, 0.5) is 0 Å². The van der Waals surface area contributed by atoms with Crippen molar-refractivity contribution in [2.75, 3.05) is 26.2 Å². The van der Waals surface area contributed by atoms with Crippen molar-refractivity contribution in [2.45, 2.75) is 19.4 Å². The fourth-order valence-corrected chi connectivity index (χ4v) is 2.57. The summed E-state index contributed by atoms with van der Waals surface area (Å²) in [5, 5.41) is 4.34. The molecule has 0 bridgehead atoms. The molecule has 1 fully saturated rings. The summed E-state index contributed by atoms with van der Waals surface area (Å²) in [5.74, 6) is 0.861. The minimum atomic E-state index is 0.747. The van der Waals surface area contributed by atoms with Gasteiger partial charge in [0.2, 0.25) is 0 Å². The fourth-order valence-electron chi connectivity index (χ4n) is 2.57. The molecule has 0 unspecified atom stereocenters. The first-order valence-corrected chi connectivity index (χ1v) is 7.32. The highest BCUT2D eigenvalue weighted by Crippen LogP contribution is 2.11. The normalized spacial score (nSPS) is 15.6. The van der Waals surface area contributed by atoms with Crippen LogP contribution >= 0.6 is 0 Å². The molecule has 1 aromatic heterocycles. The quantitative estimate of drug-likeness (QED) is 0.808. The van der Waals surface area contributed by atoms with Crippen molar-refractivity contribution < 1.29 is 4.74 Å². The Morgan fingerprint density at radius 2 is 1.90 bits per heavy atom. The summed E-state index contributed by atoms with van der Waals surface area (Å²) >= 11 is 0. The van der Waals surface area contributed by atoms with Crippen LogP contribution < -0.4 is 4.74 Å². The molecule has 3 rings (SSSR count). The zero-order chi connectivity index (χ0) is 13.6. The zero-order valence-corrected chi connectivity index (χ0v) is 11.7. The molecule has 0 N–H and O–H groups in total. The molecule has 0 amide bonds. The smallest absolute Gasteiger partial charge is 0.157 e. The maximum absolute atomic E-state index is 5.76. The maximum Gasteiger partial charge on any atom is 0.157 e. The highest BCUT2D eigenvalue weighted by atomic mass is 16.5. The summed E-state index contributed by atoms with van der Waals surface area (Å²) in [6, 6.07) is 10.3. The number of aromatic nitrogens is 2. The van der Waals surface area contributed by atoms with E-state index in [9.17, 15) is 0 Å². The molecule has 1 aliphatic rings. The average Bonchev–Trinajstić information content (AvgIpc) is 3.12. The Morgan fingerprint density at radius 1 is 1.10 bits per heavy atom. The molecule has 2 heterocycles. The number of hydrogen-bond acceptors (Lipinski definition) is 3. The minimum Gasteiger partial charge on any atom is -0.489 e. The molecular weight excluding hydrogens is 250 g/mol. The molecule has 1 aromatic carbocycles. The van der Waals surface area contributed by atoms with Gasteiger partial charge in [-0.25, -0.2) is 0 Å². The summed E-state index contributed by atoms with van der Waals surface area (Å²) in [4.78, 5) is 2.45.